The molecule has 20 heavy (non-hydrogen) atoms. The first-order chi connectivity index (χ1) is 9.44. The third-order valence-electron chi connectivity index (χ3n) is 3.93. The molecule has 2 rings (SSSR count). The van der Waals surface area contributed by atoms with E-state index in [0.717, 1.165) is 37.5 Å². The molecule has 0 bridgehead atoms. The number of anilines is 2. The second kappa shape index (κ2) is 6.01. The van der Waals surface area contributed by atoms with Crippen molar-refractivity contribution in [2.24, 2.45) is 5.92 Å². The Balaban J connectivity index is 2.25. The first kappa shape index (κ1) is 15.1. The van der Waals surface area contributed by atoms with Gasteiger partial charge in [-0.1, -0.05) is 6.92 Å². The number of hydrogen-bond acceptors (Lipinski definition) is 4. The Hall–Kier alpha value is -1.27. The number of nitrogen functional groups attached to an aromatic ring is 1. The summed E-state index contributed by atoms with van der Waals surface area (Å²) >= 11 is 0. The molecule has 112 valence electrons. The lowest BCUT2D eigenvalue weighted by Gasteiger charge is -2.23. The fraction of sp³-hybridized carbons (Fsp3) is 0.571. The number of benzene rings is 1. The van der Waals surface area contributed by atoms with Crippen LogP contribution in [0.4, 0.5) is 11.4 Å². The minimum absolute atomic E-state index is 0.145. The summed E-state index contributed by atoms with van der Waals surface area (Å²) in [5.74, 6) is 0.751. The molecular formula is C14H23N3O2S. The molecule has 1 aliphatic heterocycles. The predicted molar refractivity (Wildman–Crippen MR) is 82.3 cm³/mol. The van der Waals surface area contributed by atoms with E-state index in [4.69, 9.17) is 5.73 Å². The van der Waals surface area contributed by atoms with Crippen LogP contribution in [0.5, 0.6) is 0 Å². The molecule has 1 saturated heterocycles. The van der Waals surface area contributed by atoms with Gasteiger partial charge in [0.05, 0.1) is 5.69 Å². The first-order valence-corrected chi connectivity index (χ1v) is 8.50. The van der Waals surface area contributed by atoms with Gasteiger partial charge in [-0.3, -0.25) is 0 Å². The fourth-order valence-corrected chi connectivity index (χ4v) is 3.44. The van der Waals surface area contributed by atoms with E-state index in [2.05, 4.69) is 16.5 Å². The molecule has 1 fully saturated rings. The average Bonchev–Trinajstić information content (AvgIpc) is 2.63. The summed E-state index contributed by atoms with van der Waals surface area (Å²) in [7, 11) is -2.10. The quantitative estimate of drug-likeness (QED) is 0.834. The Labute approximate surface area is 121 Å². The molecule has 6 heteroatoms. The zero-order chi connectivity index (χ0) is 14.8. The van der Waals surface area contributed by atoms with Crippen molar-refractivity contribution < 1.29 is 8.42 Å². The van der Waals surface area contributed by atoms with Crippen LogP contribution in [0, 0.1) is 5.92 Å². The van der Waals surface area contributed by atoms with Crippen molar-refractivity contribution in [1.82, 2.24) is 4.72 Å². The van der Waals surface area contributed by atoms with E-state index in [1.807, 2.05) is 6.07 Å². The third kappa shape index (κ3) is 3.24. The van der Waals surface area contributed by atoms with Gasteiger partial charge in [0.25, 0.3) is 0 Å². The van der Waals surface area contributed by atoms with Crippen LogP contribution in [0.2, 0.25) is 0 Å². The summed E-state index contributed by atoms with van der Waals surface area (Å²) < 4.78 is 25.9. The smallest absolute Gasteiger partial charge is 0.242 e. The maximum atomic E-state index is 11.8. The molecule has 0 radical (unpaired) electrons. The molecule has 0 amide bonds. The normalized spacial score (nSPS) is 20.7. The Kier molecular flexibility index (Phi) is 4.55. The molecule has 0 saturated carbocycles. The summed E-state index contributed by atoms with van der Waals surface area (Å²) in [4.78, 5) is 2.43. The van der Waals surface area contributed by atoms with E-state index >= 15 is 0 Å². The monoisotopic (exact) mass is 297 g/mol. The van der Waals surface area contributed by atoms with Crippen molar-refractivity contribution in [2.45, 2.75) is 31.1 Å². The standard InChI is InChI=1S/C14H23N3O2S/c1-11-4-3-8-17(9-7-11)12-5-6-14(13(15)10-12)20(18,19)16-2/h5-6,10-11,16H,3-4,7-9,15H2,1-2H3. The molecule has 0 spiro atoms. The Morgan fingerprint density at radius 1 is 1.30 bits per heavy atom. The number of nitrogens with two attached hydrogens (primary N) is 1. The fourth-order valence-electron chi connectivity index (χ4n) is 2.61. The van der Waals surface area contributed by atoms with Crippen LogP contribution in [0.15, 0.2) is 23.1 Å². The largest absolute Gasteiger partial charge is 0.398 e. The first-order valence-electron chi connectivity index (χ1n) is 7.02. The van der Waals surface area contributed by atoms with Crippen LogP contribution < -0.4 is 15.4 Å². The van der Waals surface area contributed by atoms with E-state index < -0.39 is 10.0 Å². The van der Waals surface area contributed by atoms with Crippen molar-refractivity contribution in [3.8, 4) is 0 Å². The van der Waals surface area contributed by atoms with Crippen molar-refractivity contribution in [3.63, 3.8) is 0 Å². The van der Waals surface area contributed by atoms with Gasteiger partial charge in [-0.05, 0) is 50.4 Å². The van der Waals surface area contributed by atoms with Crippen molar-refractivity contribution in [1.29, 1.82) is 0 Å². The Morgan fingerprint density at radius 2 is 2.05 bits per heavy atom. The lowest BCUT2D eigenvalue weighted by Crippen LogP contribution is -2.25. The topological polar surface area (TPSA) is 75.4 Å². The molecular weight excluding hydrogens is 274 g/mol. The second-order valence-electron chi connectivity index (χ2n) is 5.45. The van der Waals surface area contributed by atoms with Gasteiger partial charge in [-0.15, -0.1) is 0 Å². The molecule has 1 heterocycles. The van der Waals surface area contributed by atoms with Crippen molar-refractivity contribution >= 4 is 21.4 Å². The van der Waals surface area contributed by atoms with E-state index in [-0.39, 0.29) is 4.90 Å². The average molecular weight is 297 g/mol. The van der Waals surface area contributed by atoms with Crippen LogP contribution in [0.1, 0.15) is 26.2 Å². The lowest BCUT2D eigenvalue weighted by molar-refractivity contribution is 0.521. The zero-order valence-electron chi connectivity index (χ0n) is 12.1. The van der Waals surface area contributed by atoms with E-state index in [1.165, 1.54) is 13.5 Å². The van der Waals surface area contributed by atoms with Crippen LogP contribution in [-0.4, -0.2) is 28.6 Å². The van der Waals surface area contributed by atoms with Crippen LogP contribution in [-0.2, 0) is 10.0 Å². The molecule has 1 aliphatic rings. The lowest BCUT2D eigenvalue weighted by atomic mass is 10.0. The van der Waals surface area contributed by atoms with Gasteiger partial charge in [0.1, 0.15) is 4.90 Å². The Morgan fingerprint density at radius 3 is 2.70 bits per heavy atom. The minimum Gasteiger partial charge on any atom is -0.398 e. The highest BCUT2D eigenvalue weighted by Gasteiger charge is 2.18. The maximum Gasteiger partial charge on any atom is 0.242 e. The van der Waals surface area contributed by atoms with Crippen LogP contribution in [0.25, 0.3) is 0 Å². The van der Waals surface area contributed by atoms with E-state index in [0.29, 0.717) is 5.69 Å². The number of nitrogens with zero attached hydrogens (tertiary/aromatic N) is 1. The zero-order valence-corrected chi connectivity index (χ0v) is 12.9. The molecule has 0 aliphatic carbocycles. The summed E-state index contributed by atoms with van der Waals surface area (Å²) in [5.41, 5.74) is 7.22. The predicted octanol–water partition coefficient (Wildman–Crippen LogP) is 1.80. The summed E-state index contributed by atoms with van der Waals surface area (Å²) in [6.45, 7) is 4.28. The minimum atomic E-state index is -3.49. The van der Waals surface area contributed by atoms with E-state index in [1.54, 1.807) is 12.1 Å². The number of hydrogen-bond donors (Lipinski definition) is 2. The highest BCUT2D eigenvalue weighted by molar-refractivity contribution is 7.89. The van der Waals surface area contributed by atoms with Crippen molar-refractivity contribution in [2.75, 3.05) is 30.8 Å². The molecule has 5 nitrogen and oxygen atoms in total. The Bertz CT molecular complexity index is 572. The SMILES string of the molecule is CNS(=O)(=O)c1ccc(N2CCCC(C)CC2)cc1N. The number of sulfonamides is 1. The van der Waals surface area contributed by atoms with Gasteiger partial charge in [-0.25, -0.2) is 13.1 Å². The highest BCUT2D eigenvalue weighted by Crippen LogP contribution is 2.27. The molecule has 1 unspecified atom stereocenters. The van der Waals surface area contributed by atoms with Gasteiger partial charge < -0.3 is 10.6 Å². The van der Waals surface area contributed by atoms with Gasteiger partial charge >= 0.3 is 0 Å². The number of nitrogens with one attached hydrogen (secondary N) is 1. The summed E-state index contributed by atoms with van der Waals surface area (Å²) in [6, 6.07) is 5.20. The van der Waals surface area contributed by atoms with Gasteiger partial charge in [0, 0.05) is 18.8 Å². The maximum absolute atomic E-state index is 11.8. The summed E-state index contributed by atoms with van der Waals surface area (Å²) in [5, 5.41) is 0. The van der Waals surface area contributed by atoms with Crippen molar-refractivity contribution in [3.05, 3.63) is 18.2 Å². The molecule has 1 atom stereocenters. The van der Waals surface area contributed by atoms with Gasteiger partial charge in [-0.2, -0.15) is 0 Å². The summed E-state index contributed by atoms with van der Waals surface area (Å²) in [6.07, 6.45) is 3.58. The second-order valence-corrected chi connectivity index (χ2v) is 7.31. The molecule has 1 aromatic carbocycles. The molecule has 1 aromatic rings. The third-order valence-corrected chi connectivity index (χ3v) is 5.42. The van der Waals surface area contributed by atoms with Gasteiger partial charge in [0.2, 0.25) is 10.0 Å². The van der Waals surface area contributed by atoms with Crippen LogP contribution in [0.3, 0.4) is 0 Å². The molecule has 0 aromatic heterocycles. The molecule has 3 N–H and O–H groups in total. The van der Waals surface area contributed by atoms with Crippen LogP contribution >= 0.6 is 0 Å². The van der Waals surface area contributed by atoms with E-state index in [9.17, 15) is 8.42 Å². The highest BCUT2D eigenvalue weighted by atomic mass is 32.2. The number of rotatable bonds is 3. The van der Waals surface area contributed by atoms with Gasteiger partial charge in [0.15, 0.2) is 0 Å².